The van der Waals surface area contributed by atoms with E-state index in [-0.39, 0.29) is 0 Å². The van der Waals surface area contributed by atoms with E-state index < -0.39 is 0 Å². The Labute approximate surface area is 138 Å². The van der Waals surface area contributed by atoms with Gasteiger partial charge < -0.3 is 9.47 Å². The minimum atomic E-state index is 0.547. The van der Waals surface area contributed by atoms with E-state index in [1.807, 2.05) is 38.1 Å². The molecule has 0 radical (unpaired) electrons. The Morgan fingerprint density at radius 2 is 1.74 bits per heavy atom. The summed E-state index contributed by atoms with van der Waals surface area (Å²) in [5, 5.41) is 0. The van der Waals surface area contributed by atoms with Gasteiger partial charge in [-0.15, -0.1) is 0 Å². The first-order valence-corrected chi connectivity index (χ1v) is 7.95. The lowest BCUT2D eigenvalue weighted by Gasteiger charge is -2.16. The molecule has 0 aliphatic heterocycles. The van der Waals surface area contributed by atoms with Crippen LogP contribution >= 0.6 is 0 Å². The highest BCUT2D eigenvalue weighted by Gasteiger charge is 2.12. The number of ether oxygens (including phenoxy) is 2. The van der Waals surface area contributed by atoms with Gasteiger partial charge in [0.15, 0.2) is 0 Å². The highest BCUT2D eigenvalue weighted by atomic mass is 16.5. The van der Waals surface area contributed by atoms with E-state index in [2.05, 4.69) is 19.9 Å². The fraction of sp³-hybridized carbons (Fsp3) is 0.350. The van der Waals surface area contributed by atoms with Crippen LogP contribution in [-0.4, -0.2) is 26.1 Å². The van der Waals surface area contributed by atoms with Gasteiger partial charge in [0.2, 0.25) is 0 Å². The summed E-state index contributed by atoms with van der Waals surface area (Å²) in [7, 11) is 0. The molecule has 0 spiro atoms. The molecule has 0 bridgehead atoms. The van der Waals surface area contributed by atoms with E-state index in [9.17, 15) is 4.79 Å². The second kappa shape index (κ2) is 7.93. The lowest BCUT2D eigenvalue weighted by atomic mass is 9.90. The van der Waals surface area contributed by atoms with Crippen LogP contribution in [0.2, 0.25) is 0 Å². The Kier molecular flexibility index (Phi) is 5.94. The van der Waals surface area contributed by atoms with Crippen molar-refractivity contribution in [1.29, 1.82) is 0 Å². The molecule has 3 heteroatoms. The van der Waals surface area contributed by atoms with Crippen molar-refractivity contribution in [3.63, 3.8) is 0 Å². The van der Waals surface area contributed by atoms with E-state index in [1.54, 1.807) is 0 Å². The minimum absolute atomic E-state index is 0.547. The normalized spacial score (nSPS) is 10.6. The first-order chi connectivity index (χ1) is 11.1. The minimum Gasteiger partial charge on any atom is -0.491 e. The van der Waals surface area contributed by atoms with Crippen LogP contribution in [-0.2, 0) is 4.74 Å². The largest absolute Gasteiger partial charge is 0.491 e. The van der Waals surface area contributed by atoms with Crippen LogP contribution in [0, 0.1) is 20.8 Å². The molecule has 23 heavy (non-hydrogen) atoms. The SMILES string of the molecule is CCOCCOc1cc(C)c(-c2cccc(C=O)c2C)c(C)c1. The third-order valence-electron chi connectivity index (χ3n) is 3.98. The molecular weight excluding hydrogens is 288 g/mol. The smallest absolute Gasteiger partial charge is 0.150 e. The van der Waals surface area contributed by atoms with Gasteiger partial charge in [-0.1, -0.05) is 18.2 Å². The summed E-state index contributed by atoms with van der Waals surface area (Å²) in [6, 6.07) is 9.93. The van der Waals surface area contributed by atoms with Crippen molar-refractivity contribution >= 4 is 6.29 Å². The summed E-state index contributed by atoms with van der Waals surface area (Å²) >= 11 is 0. The van der Waals surface area contributed by atoms with E-state index in [4.69, 9.17) is 9.47 Å². The van der Waals surface area contributed by atoms with E-state index in [0.29, 0.717) is 19.8 Å². The van der Waals surface area contributed by atoms with Gasteiger partial charge in [-0.2, -0.15) is 0 Å². The predicted molar refractivity (Wildman–Crippen MR) is 93.5 cm³/mol. The third kappa shape index (κ3) is 3.99. The Morgan fingerprint density at radius 3 is 2.35 bits per heavy atom. The zero-order valence-electron chi connectivity index (χ0n) is 14.3. The molecule has 3 nitrogen and oxygen atoms in total. The number of benzene rings is 2. The summed E-state index contributed by atoms with van der Waals surface area (Å²) in [5.41, 5.74) is 6.30. The number of aldehydes is 1. The molecule has 0 aliphatic carbocycles. The summed E-state index contributed by atoms with van der Waals surface area (Å²) in [5.74, 6) is 0.854. The molecule has 2 aromatic rings. The molecule has 0 saturated carbocycles. The maximum absolute atomic E-state index is 11.2. The van der Waals surface area contributed by atoms with Crippen LogP contribution in [0.3, 0.4) is 0 Å². The molecule has 2 aromatic carbocycles. The zero-order chi connectivity index (χ0) is 16.8. The van der Waals surface area contributed by atoms with Gasteiger partial charge in [-0.05, 0) is 67.6 Å². The summed E-state index contributed by atoms with van der Waals surface area (Å²) in [6.45, 7) is 9.95. The fourth-order valence-corrected chi connectivity index (χ4v) is 2.85. The highest BCUT2D eigenvalue weighted by molar-refractivity contribution is 5.84. The second-order valence-corrected chi connectivity index (χ2v) is 5.62. The van der Waals surface area contributed by atoms with E-state index >= 15 is 0 Å². The summed E-state index contributed by atoms with van der Waals surface area (Å²) < 4.78 is 11.0. The number of hydrogen-bond acceptors (Lipinski definition) is 3. The van der Waals surface area contributed by atoms with Crippen LogP contribution in [0.25, 0.3) is 11.1 Å². The topological polar surface area (TPSA) is 35.5 Å². The van der Waals surface area contributed by atoms with Crippen LogP contribution in [0.15, 0.2) is 30.3 Å². The maximum Gasteiger partial charge on any atom is 0.150 e. The molecule has 0 saturated heterocycles. The van der Waals surface area contributed by atoms with Crippen LogP contribution in [0.4, 0.5) is 0 Å². The van der Waals surface area contributed by atoms with Gasteiger partial charge in [-0.3, -0.25) is 4.79 Å². The van der Waals surface area contributed by atoms with Gasteiger partial charge in [0.05, 0.1) is 6.61 Å². The second-order valence-electron chi connectivity index (χ2n) is 5.62. The molecule has 0 fully saturated rings. The van der Waals surface area contributed by atoms with Gasteiger partial charge in [0.1, 0.15) is 18.6 Å². The third-order valence-corrected chi connectivity index (χ3v) is 3.98. The molecule has 0 amide bonds. The van der Waals surface area contributed by atoms with Crippen molar-refractivity contribution in [1.82, 2.24) is 0 Å². The molecule has 0 atom stereocenters. The van der Waals surface area contributed by atoms with Crippen molar-refractivity contribution in [2.45, 2.75) is 27.7 Å². The van der Waals surface area contributed by atoms with Crippen molar-refractivity contribution in [2.75, 3.05) is 19.8 Å². The average molecular weight is 312 g/mol. The molecule has 2 rings (SSSR count). The average Bonchev–Trinajstić information content (AvgIpc) is 2.52. The molecule has 0 aromatic heterocycles. The molecule has 122 valence electrons. The van der Waals surface area contributed by atoms with Crippen molar-refractivity contribution in [3.8, 4) is 16.9 Å². The fourth-order valence-electron chi connectivity index (χ4n) is 2.85. The Morgan fingerprint density at radius 1 is 1.04 bits per heavy atom. The predicted octanol–water partition coefficient (Wildman–Crippen LogP) is 4.51. The highest BCUT2D eigenvalue weighted by Crippen LogP contribution is 2.33. The van der Waals surface area contributed by atoms with Gasteiger partial charge in [0, 0.05) is 12.2 Å². The zero-order valence-corrected chi connectivity index (χ0v) is 14.3. The van der Waals surface area contributed by atoms with Crippen molar-refractivity contribution in [3.05, 3.63) is 52.6 Å². The first kappa shape index (κ1) is 17.2. The standard InChI is InChI=1S/C20H24O3/c1-5-22-9-10-23-18-11-14(2)20(15(3)12-18)19-8-6-7-17(13-21)16(19)4/h6-8,11-13H,5,9-10H2,1-4H3. The van der Waals surface area contributed by atoms with Gasteiger partial charge in [0.25, 0.3) is 0 Å². The van der Waals surface area contributed by atoms with Crippen LogP contribution in [0.1, 0.15) is 34.0 Å². The summed E-state index contributed by atoms with van der Waals surface area (Å²) in [4.78, 5) is 11.2. The quantitative estimate of drug-likeness (QED) is 0.557. The molecule has 0 unspecified atom stereocenters. The van der Waals surface area contributed by atoms with Crippen LogP contribution in [0.5, 0.6) is 5.75 Å². The van der Waals surface area contributed by atoms with Gasteiger partial charge >= 0.3 is 0 Å². The number of rotatable bonds is 7. The van der Waals surface area contributed by atoms with Crippen molar-refractivity contribution in [2.24, 2.45) is 0 Å². The number of hydrogen-bond donors (Lipinski definition) is 0. The first-order valence-electron chi connectivity index (χ1n) is 7.95. The van der Waals surface area contributed by atoms with Crippen LogP contribution < -0.4 is 4.74 Å². The number of carbonyl (C=O) groups is 1. The van der Waals surface area contributed by atoms with Crippen molar-refractivity contribution < 1.29 is 14.3 Å². The Balaban J connectivity index is 2.32. The van der Waals surface area contributed by atoms with E-state index in [1.165, 1.54) is 5.56 Å². The molecule has 0 aliphatic rings. The lowest BCUT2D eigenvalue weighted by Crippen LogP contribution is -2.06. The molecular formula is C20H24O3. The number of carbonyl (C=O) groups excluding carboxylic acids is 1. The molecule has 0 N–H and O–H groups in total. The Hall–Kier alpha value is -2.13. The lowest BCUT2D eigenvalue weighted by molar-refractivity contribution is 0.110. The molecule has 0 heterocycles. The summed E-state index contributed by atoms with van der Waals surface area (Å²) in [6.07, 6.45) is 0.911. The van der Waals surface area contributed by atoms with E-state index in [0.717, 1.165) is 39.9 Å². The maximum atomic E-state index is 11.2. The Bertz CT molecular complexity index is 666. The monoisotopic (exact) mass is 312 g/mol. The number of aryl methyl sites for hydroxylation is 2. The van der Waals surface area contributed by atoms with Gasteiger partial charge in [-0.25, -0.2) is 0 Å².